The van der Waals surface area contributed by atoms with E-state index in [1.807, 2.05) is 26.0 Å². The van der Waals surface area contributed by atoms with Crippen molar-refractivity contribution in [2.75, 3.05) is 52.6 Å². The first-order chi connectivity index (χ1) is 17.9. The molecule has 0 aromatic heterocycles. The maximum Gasteiger partial charge on any atom is 0.295 e. The summed E-state index contributed by atoms with van der Waals surface area (Å²) >= 11 is 0. The summed E-state index contributed by atoms with van der Waals surface area (Å²) < 4.78 is 16.6. The van der Waals surface area contributed by atoms with E-state index in [-0.39, 0.29) is 11.3 Å². The molecule has 1 unspecified atom stereocenters. The number of hydrogen-bond donors (Lipinski definition) is 1. The highest BCUT2D eigenvalue weighted by atomic mass is 16.5. The van der Waals surface area contributed by atoms with Crippen molar-refractivity contribution >= 4 is 17.4 Å². The van der Waals surface area contributed by atoms with Gasteiger partial charge in [-0.05, 0) is 55.3 Å². The van der Waals surface area contributed by atoms with Crippen molar-refractivity contribution in [2.45, 2.75) is 19.9 Å². The second-order valence-corrected chi connectivity index (χ2v) is 9.03. The second-order valence-electron chi connectivity index (χ2n) is 9.03. The van der Waals surface area contributed by atoms with Gasteiger partial charge in [0, 0.05) is 31.7 Å². The summed E-state index contributed by atoms with van der Waals surface area (Å²) in [5.74, 6) is -0.152. The summed E-state index contributed by atoms with van der Waals surface area (Å²) in [5.41, 5.74) is 2.09. The van der Waals surface area contributed by atoms with Crippen molar-refractivity contribution in [3.63, 3.8) is 0 Å². The van der Waals surface area contributed by atoms with E-state index in [1.165, 1.54) is 0 Å². The highest BCUT2D eigenvalue weighted by Crippen LogP contribution is 2.40. The molecule has 1 amide bonds. The van der Waals surface area contributed by atoms with Crippen LogP contribution < -0.4 is 9.47 Å². The number of carbonyl (C=O) groups is 2. The summed E-state index contributed by atoms with van der Waals surface area (Å²) in [7, 11) is 0. The van der Waals surface area contributed by atoms with Crippen LogP contribution in [0.3, 0.4) is 0 Å². The predicted molar refractivity (Wildman–Crippen MR) is 141 cm³/mol. The lowest BCUT2D eigenvalue weighted by Gasteiger charge is -2.31. The number of benzene rings is 2. The SMILES string of the molecule is C=CCOc1ccc(C2/C(=C(\O)c3ccc(OCC)c(C)c3)C(=O)C(=O)N2CCN2CCOCC2)cc1. The number of ether oxygens (including phenoxy) is 3. The summed E-state index contributed by atoms with van der Waals surface area (Å²) in [6, 6.07) is 11.8. The monoisotopic (exact) mass is 506 g/mol. The Labute approximate surface area is 217 Å². The lowest BCUT2D eigenvalue weighted by molar-refractivity contribution is -0.140. The van der Waals surface area contributed by atoms with E-state index >= 15 is 0 Å². The minimum Gasteiger partial charge on any atom is -0.507 e. The fraction of sp³-hybridized carbons (Fsp3) is 0.379. The second kappa shape index (κ2) is 12.1. The zero-order valence-electron chi connectivity index (χ0n) is 21.4. The molecular formula is C29H34N2O6. The van der Waals surface area contributed by atoms with Crippen molar-refractivity contribution < 1.29 is 28.9 Å². The topological polar surface area (TPSA) is 88.5 Å². The average molecular weight is 507 g/mol. The van der Waals surface area contributed by atoms with Crippen molar-refractivity contribution in [3.8, 4) is 11.5 Å². The molecule has 2 aromatic rings. The molecule has 2 aliphatic rings. The first-order valence-electron chi connectivity index (χ1n) is 12.6. The zero-order chi connectivity index (χ0) is 26.4. The molecule has 196 valence electrons. The molecule has 0 spiro atoms. The molecule has 4 rings (SSSR count). The van der Waals surface area contributed by atoms with Crippen molar-refractivity contribution in [1.82, 2.24) is 9.80 Å². The van der Waals surface area contributed by atoms with Gasteiger partial charge in [-0.2, -0.15) is 0 Å². The molecule has 2 aliphatic heterocycles. The normalized spacial score (nSPS) is 19.7. The Hall–Kier alpha value is -3.62. The maximum atomic E-state index is 13.3. The standard InChI is InChI=1S/C29H34N2O6/c1-4-16-37-23-9-6-21(7-10-23)26-25(27(32)22-8-11-24(36-5-2)20(3)19-22)28(33)29(34)31(26)13-12-30-14-17-35-18-15-30/h4,6-11,19,26,32H,1,5,12-18H2,2-3H3/b27-25+. The van der Waals surface area contributed by atoms with Crippen molar-refractivity contribution in [2.24, 2.45) is 0 Å². The number of hydrogen-bond acceptors (Lipinski definition) is 7. The van der Waals surface area contributed by atoms with Crippen LogP contribution in [-0.4, -0.2) is 79.2 Å². The summed E-state index contributed by atoms with van der Waals surface area (Å²) in [4.78, 5) is 30.3. The third kappa shape index (κ3) is 5.87. The van der Waals surface area contributed by atoms with E-state index in [9.17, 15) is 14.7 Å². The number of morpholine rings is 1. The molecule has 2 heterocycles. The van der Waals surface area contributed by atoms with E-state index in [0.29, 0.717) is 56.6 Å². The third-order valence-electron chi connectivity index (χ3n) is 6.61. The van der Waals surface area contributed by atoms with Gasteiger partial charge in [0.25, 0.3) is 11.7 Å². The summed E-state index contributed by atoms with van der Waals surface area (Å²) in [6.07, 6.45) is 1.66. The van der Waals surface area contributed by atoms with Crippen molar-refractivity contribution in [1.29, 1.82) is 0 Å². The zero-order valence-corrected chi connectivity index (χ0v) is 21.4. The van der Waals surface area contributed by atoms with Gasteiger partial charge in [-0.3, -0.25) is 14.5 Å². The van der Waals surface area contributed by atoms with Crippen LogP contribution in [0.4, 0.5) is 0 Å². The highest BCUT2D eigenvalue weighted by molar-refractivity contribution is 6.46. The Morgan fingerprint density at radius 3 is 2.49 bits per heavy atom. The van der Waals surface area contributed by atoms with Gasteiger partial charge in [0.1, 0.15) is 23.9 Å². The Morgan fingerprint density at radius 2 is 1.84 bits per heavy atom. The number of rotatable bonds is 10. The minimum atomic E-state index is -0.721. The van der Waals surface area contributed by atoms with Crippen LogP contribution in [0.5, 0.6) is 11.5 Å². The fourth-order valence-corrected chi connectivity index (χ4v) is 4.70. The van der Waals surface area contributed by atoms with Gasteiger partial charge in [-0.15, -0.1) is 0 Å². The molecule has 2 fully saturated rings. The molecule has 8 nitrogen and oxygen atoms in total. The number of ketones is 1. The smallest absolute Gasteiger partial charge is 0.295 e. The van der Waals surface area contributed by atoms with E-state index in [0.717, 1.165) is 24.2 Å². The first-order valence-corrected chi connectivity index (χ1v) is 12.6. The Bertz CT molecular complexity index is 1170. The quantitative estimate of drug-likeness (QED) is 0.227. The molecule has 2 aromatic carbocycles. The number of aliphatic hydroxyl groups is 1. The Morgan fingerprint density at radius 1 is 1.11 bits per heavy atom. The average Bonchev–Trinajstić information content (AvgIpc) is 3.17. The molecule has 1 N–H and O–H groups in total. The van der Waals surface area contributed by atoms with Crippen molar-refractivity contribution in [3.05, 3.63) is 77.4 Å². The number of carbonyl (C=O) groups excluding carboxylic acids is 2. The number of Topliss-reactive ketones (excluding diaryl/α,β-unsaturated/α-hetero) is 1. The van der Waals surface area contributed by atoms with Gasteiger partial charge in [0.2, 0.25) is 0 Å². The van der Waals surface area contributed by atoms with E-state index in [1.54, 1.807) is 41.3 Å². The number of nitrogens with zero attached hydrogens (tertiary/aromatic N) is 2. The number of aryl methyl sites for hydroxylation is 1. The van der Waals surface area contributed by atoms with Crippen LogP contribution in [-0.2, 0) is 14.3 Å². The van der Waals surface area contributed by atoms with Gasteiger partial charge in [0.15, 0.2) is 0 Å². The van der Waals surface area contributed by atoms with Crippen LogP contribution >= 0.6 is 0 Å². The molecule has 1 atom stereocenters. The molecule has 8 heteroatoms. The number of likely N-dealkylation sites (tertiary alicyclic amines) is 1. The molecule has 0 bridgehead atoms. The third-order valence-corrected chi connectivity index (χ3v) is 6.61. The molecule has 0 saturated carbocycles. The summed E-state index contributed by atoms with van der Waals surface area (Å²) in [5, 5.41) is 11.4. The van der Waals surface area contributed by atoms with Gasteiger partial charge in [-0.25, -0.2) is 0 Å². The highest BCUT2D eigenvalue weighted by Gasteiger charge is 2.46. The maximum absolute atomic E-state index is 13.3. The molecule has 37 heavy (non-hydrogen) atoms. The number of aliphatic hydroxyl groups excluding tert-OH is 1. The largest absolute Gasteiger partial charge is 0.507 e. The molecule has 2 saturated heterocycles. The van der Waals surface area contributed by atoms with E-state index < -0.39 is 17.7 Å². The van der Waals surface area contributed by atoms with Crippen LogP contribution in [0.25, 0.3) is 5.76 Å². The van der Waals surface area contributed by atoms with E-state index in [2.05, 4.69) is 11.5 Å². The van der Waals surface area contributed by atoms with Crippen LogP contribution in [0.15, 0.2) is 60.7 Å². The number of amides is 1. The van der Waals surface area contributed by atoms with Gasteiger partial charge >= 0.3 is 0 Å². The van der Waals surface area contributed by atoms with Gasteiger partial charge in [-0.1, -0.05) is 24.8 Å². The lowest BCUT2D eigenvalue weighted by Crippen LogP contribution is -2.42. The summed E-state index contributed by atoms with van der Waals surface area (Å²) in [6.45, 7) is 12.1. The molecule has 0 radical (unpaired) electrons. The molecule has 0 aliphatic carbocycles. The van der Waals surface area contributed by atoms with Crippen LogP contribution in [0, 0.1) is 6.92 Å². The van der Waals surface area contributed by atoms with Gasteiger partial charge < -0.3 is 24.2 Å². The Kier molecular flexibility index (Phi) is 8.63. The van der Waals surface area contributed by atoms with Crippen LogP contribution in [0.2, 0.25) is 0 Å². The Balaban J connectivity index is 1.72. The first kappa shape index (κ1) is 26.4. The lowest BCUT2D eigenvalue weighted by atomic mass is 9.94. The fourth-order valence-electron chi connectivity index (χ4n) is 4.70. The minimum absolute atomic E-state index is 0.0790. The van der Waals surface area contributed by atoms with Crippen LogP contribution in [0.1, 0.15) is 29.7 Å². The predicted octanol–water partition coefficient (Wildman–Crippen LogP) is 3.71. The van der Waals surface area contributed by atoms with E-state index in [4.69, 9.17) is 14.2 Å². The molecular weight excluding hydrogens is 472 g/mol. The van der Waals surface area contributed by atoms with Gasteiger partial charge in [0.05, 0.1) is 31.4 Å².